The van der Waals surface area contributed by atoms with Crippen LogP contribution >= 0.6 is 0 Å². The van der Waals surface area contributed by atoms with E-state index in [2.05, 4.69) is 10.1 Å². The number of carbonyl (C=O) groups is 3. The third-order valence-corrected chi connectivity index (χ3v) is 2.59. The Morgan fingerprint density at radius 3 is 2.14 bits per heavy atom. The van der Waals surface area contributed by atoms with Gasteiger partial charge in [0.05, 0.1) is 13.5 Å². The van der Waals surface area contributed by atoms with E-state index in [1.807, 2.05) is 13.8 Å². The zero-order chi connectivity index (χ0) is 17.5. The molecule has 7 nitrogen and oxygen atoms in total. The monoisotopic (exact) mass is 317 g/mol. The maximum Gasteiger partial charge on any atom is 0.328 e. The molecule has 0 aliphatic carbocycles. The first-order chi connectivity index (χ1) is 9.96. The van der Waals surface area contributed by atoms with Crippen LogP contribution in [0.1, 0.15) is 47.5 Å². The first-order valence-corrected chi connectivity index (χ1v) is 7.24. The number of aliphatic hydroxyl groups is 1. The van der Waals surface area contributed by atoms with Gasteiger partial charge in [0.1, 0.15) is 17.7 Å². The molecule has 0 bridgehead atoms. The molecule has 128 valence electrons. The largest absolute Gasteiger partial charge is 0.467 e. The number of hydrogen-bond acceptors (Lipinski definition) is 6. The van der Waals surface area contributed by atoms with Gasteiger partial charge in [-0.2, -0.15) is 0 Å². The predicted molar refractivity (Wildman–Crippen MR) is 79.9 cm³/mol. The molecule has 0 rings (SSSR count). The molecule has 1 amide bonds. The summed E-state index contributed by atoms with van der Waals surface area (Å²) < 4.78 is 9.67. The van der Waals surface area contributed by atoms with Gasteiger partial charge in [-0.15, -0.1) is 0 Å². The Morgan fingerprint density at radius 2 is 1.73 bits per heavy atom. The molecule has 0 unspecified atom stereocenters. The van der Waals surface area contributed by atoms with Gasteiger partial charge < -0.3 is 19.9 Å². The topological polar surface area (TPSA) is 102 Å². The lowest BCUT2D eigenvalue weighted by Crippen LogP contribution is -2.47. The van der Waals surface area contributed by atoms with Crippen molar-refractivity contribution in [1.29, 1.82) is 0 Å². The molecule has 0 heterocycles. The van der Waals surface area contributed by atoms with Crippen LogP contribution in [0.25, 0.3) is 0 Å². The Morgan fingerprint density at radius 1 is 1.18 bits per heavy atom. The van der Waals surface area contributed by atoms with E-state index in [4.69, 9.17) is 4.74 Å². The lowest BCUT2D eigenvalue weighted by molar-refractivity contribution is -0.159. The van der Waals surface area contributed by atoms with Crippen molar-refractivity contribution < 1.29 is 29.0 Å². The van der Waals surface area contributed by atoms with Crippen LogP contribution in [0.5, 0.6) is 0 Å². The van der Waals surface area contributed by atoms with Crippen LogP contribution in [-0.4, -0.2) is 47.8 Å². The van der Waals surface area contributed by atoms with E-state index in [0.29, 0.717) is 0 Å². The van der Waals surface area contributed by atoms with Crippen LogP contribution in [0, 0.1) is 5.92 Å². The third kappa shape index (κ3) is 8.61. The highest BCUT2D eigenvalue weighted by atomic mass is 16.6. The number of methoxy groups -OCH3 is 1. The van der Waals surface area contributed by atoms with Gasteiger partial charge in [0.2, 0.25) is 5.91 Å². The first-order valence-electron chi connectivity index (χ1n) is 7.24. The van der Waals surface area contributed by atoms with Crippen molar-refractivity contribution in [1.82, 2.24) is 5.32 Å². The van der Waals surface area contributed by atoms with Crippen molar-refractivity contribution in [2.75, 3.05) is 7.11 Å². The minimum absolute atomic E-state index is 0.114. The Bertz CT molecular complexity index is 399. The first kappa shape index (κ1) is 20.4. The maximum atomic E-state index is 11.9. The molecule has 2 atom stereocenters. The molecule has 0 aromatic rings. The van der Waals surface area contributed by atoms with Crippen LogP contribution in [-0.2, 0) is 23.9 Å². The maximum absolute atomic E-state index is 11.9. The summed E-state index contributed by atoms with van der Waals surface area (Å²) in [6, 6.07) is -1.19. The molecular formula is C15H27NO6. The summed E-state index contributed by atoms with van der Waals surface area (Å²) >= 11 is 0. The molecule has 0 aromatic heterocycles. The quantitative estimate of drug-likeness (QED) is 0.673. The summed E-state index contributed by atoms with van der Waals surface area (Å²) in [7, 11) is 1.15. The molecule has 7 heteroatoms. The second-order valence-electron chi connectivity index (χ2n) is 6.52. The fourth-order valence-electron chi connectivity index (χ4n) is 1.71. The third-order valence-electron chi connectivity index (χ3n) is 2.59. The number of aliphatic hydroxyl groups excluding tert-OH is 1. The van der Waals surface area contributed by atoms with Gasteiger partial charge in [-0.25, -0.2) is 4.79 Å². The molecule has 0 fully saturated rings. The standard InChI is InChI=1S/C15H27NO6/c1-9(2)7-11(17)13(19)16-10(14(20)21-6)8-12(18)22-15(3,4)5/h9-11,17H,7-8H2,1-6H3,(H,16,19)/t10-,11-/m0/s1. The van der Waals surface area contributed by atoms with E-state index in [1.165, 1.54) is 0 Å². The smallest absolute Gasteiger partial charge is 0.328 e. The van der Waals surface area contributed by atoms with Crippen LogP contribution in [0.4, 0.5) is 0 Å². The highest BCUT2D eigenvalue weighted by Crippen LogP contribution is 2.10. The van der Waals surface area contributed by atoms with Gasteiger partial charge in [0, 0.05) is 0 Å². The molecule has 22 heavy (non-hydrogen) atoms. The van der Waals surface area contributed by atoms with Crippen molar-refractivity contribution >= 4 is 17.8 Å². The van der Waals surface area contributed by atoms with Crippen LogP contribution in [0.15, 0.2) is 0 Å². The lowest BCUT2D eigenvalue weighted by atomic mass is 10.0. The molecule has 0 spiro atoms. The SMILES string of the molecule is COC(=O)[C@H](CC(=O)OC(C)(C)C)NC(=O)[C@@H](O)CC(C)C. The van der Waals surface area contributed by atoms with E-state index in [9.17, 15) is 19.5 Å². The Balaban J connectivity index is 4.76. The van der Waals surface area contributed by atoms with Gasteiger partial charge in [-0.1, -0.05) is 13.8 Å². The van der Waals surface area contributed by atoms with E-state index >= 15 is 0 Å². The fraction of sp³-hybridized carbons (Fsp3) is 0.800. The number of hydrogen-bond donors (Lipinski definition) is 2. The number of rotatable bonds is 7. The highest BCUT2D eigenvalue weighted by Gasteiger charge is 2.29. The summed E-state index contributed by atoms with van der Waals surface area (Å²) in [4.78, 5) is 35.3. The van der Waals surface area contributed by atoms with Crippen molar-refractivity contribution in [3.05, 3.63) is 0 Å². The molecule has 0 radical (unpaired) electrons. The number of ether oxygens (including phenoxy) is 2. The molecule has 0 aliphatic heterocycles. The van der Waals surface area contributed by atoms with Gasteiger partial charge in [0.25, 0.3) is 0 Å². The van der Waals surface area contributed by atoms with Crippen molar-refractivity contribution in [2.45, 2.75) is 65.2 Å². The number of carbonyl (C=O) groups excluding carboxylic acids is 3. The van der Waals surface area contributed by atoms with E-state index < -0.39 is 35.6 Å². The Kier molecular flexibility index (Phi) is 8.08. The van der Waals surface area contributed by atoms with E-state index in [-0.39, 0.29) is 18.8 Å². The Labute approximate surface area is 131 Å². The number of amides is 1. The summed E-state index contributed by atoms with van der Waals surface area (Å²) in [6.45, 7) is 8.80. The molecular weight excluding hydrogens is 290 g/mol. The lowest BCUT2D eigenvalue weighted by Gasteiger charge is -2.22. The number of nitrogens with one attached hydrogen (secondary N) is 1. The molecule has 0 aliphatic rings. The van der Waals surface area contributed by atoms with Gasteiger partial charge in [0.15, 0.2) is 0 Å². The number of esters is 2. The second-order valence-corrected chi connectivity index (χ2v) is 6.52. The van der Waals surface area contributed by atoms with E-state index in [1.54, 1.807) is 20.8 Å². The summed E-state index contributed by atoms with van der Waals surface area (Å²) in [5.74, 6) is -2.01. The second kappa shape index (κ2) is 8.73. The van der Waals surface area contributed by atoms with Crippen LogP contribution < -0.4 is 5.32 Å². The summed E-state index contributed by atoms with van der Waals surface area (Å²) in [5.41, 5.74) is -0.696. The van der Waals surface area contributed by atoms with Crippen molar-refractivity contribution in [3.63, 3.8) is 0 Å². The van der Waals surface area contributed by atoms with Crippen molar-refractivity contribution in [2.24, 2.45) is 5.92 Å². The summed E-state index contributed by atoms with van der Waals surface area (Å²) in [5, 5.41) is 12.1. The summed E-state index contributed by atoms with van der Waals surface area (Å²) in [6.07, 6.45) is -1.35. The normalized spacial score (nSPS) is 14.2. The minimum atomic E-state index is -1.24. The van der Waals surface area contributed by atoms with Gasteiger partial charge in [-0.3, -0.25) is 9.59 Å². The average molecular weight is 317 g/mol. The zero-order valence-electron chi connectivity index (χ0n) is 14.1. The minimum Gasteiger partial charge on any atom is -0.467 e. The fourth-order valence-corrected chi connectivity index (χ4v) is 1.71. The molecule has 0 saturated carbocycles. The van der Waals surface area contributed by atoms with Crippen molar-refractivity contribution in [3.8, 4) is 0 Å². The van der Waals surface area contributed by atoms with E-state index in [0.717, 1.165) is 7.11 Å². The van der Waals surface area contributed by atoms with Crippen LogP contribution in [0.2, 0.25) is 0 Å². The molecule has 2 N–H and O–H groups in total. The Hall–Kier alpha value is -1.63. The highest BCUT2D eigenvalue weighted by molar-refractivity contribution is 5.89. The van der Waals surface area contributed by atoms with Crippen LogP contribution in [0.3, 0.4) is 0 Å². The zero-order valence-corrected chi connectivity index (χ0v) is 14.1. The molecule has 0 saturated heterocycles. The van der Waals surface area contributed by atoms with Gasteiger partial charge >= 0.3 is 11.9 Å². The van der Waals surface area contributed by atoms with Gasteiger partial charge in [-0.05, 0) is 33.1 Å². The molecule has 0 aromatic carbocycles. The predicted octanol–water partition coefficient (Wildman–Crippen LogP) is 0.783. The average Bonchev–Trinajstić information content (AvgIpc) is 2.33.